The normalized spacial score (nSPS) is 29.1. The van der Waals surface area contributed by atoms with Crippen LogP contribution in [0.5, 0.6) is 0 Å². The van der Waals surface area contributed by atoms with E-state index < -0.39 is 0 Å². The topological polar surface area (TPSA) is 0 Å². The SMILES string of the molecule is C[C-]1CCCC1P(C1CCCCC1)C1CCCCC1.[CH3-].[Fe+2]. The third kappa shape index (κ3) is 4.96. The molecule has 0 radical (unpaired) electrons. The van der Waals surface area contributed by atoms with Gasteiger partial charge in [-0.1, -0.05) is 51.4 Å². The van der Waals surface area contributed by atoms with E-state index >= 15 is 0 Å². The molecule has 0 N–H and O–H groups in total. The Hall–Kier alpha value is 0.949. The molecule has 0 amide bonds. The molecule has 3 rings (SSSR count). The van der Waals surface area contributed by atoms with Crippen LogP contribution in [0.3, 0.4) is 0 Å². The zero-order valence-corrected chi connectivity index (χ0v) is 16.2. The van der Waals surface area contributed by atoms with Gasteiger partial charge in [0.2, 0.25) is 0 Å². The van der Waals surface area contributed by atoms with Crippen molar-refractivity contribution in [3.8, 4) is 0 Å². The molecule has 0 aromatic carbocycles. The van der Waals surface area contributed by atoms with E-state index in [-0.39, 0.29) is 24.5 Å². The van der Waals surface area contributed by atoms with E-state index in [4.69, 9.17) is 0 Å². The smallest absolute Gasteiger partial charge is 0.358 e. The summed E-state index contributed by atoms with van der Waals surface area (Å²) in [6.07, 6.45) is 20.1. The minimum atomic E-state index is 0. The van der Waals surface area contributed by atoms with E-state index in [1.165, 1.54) is 25.7 Å². The molecule has 0 bridgehead atoms. The van der Waals surface area contributed by atoms with E-state index in [2.05, 4.69) is 6.92 Å². The molecular weight excluding hydrogens is 315 g/mol. The molecule has 0 nitrogen and oxygen atoms in total. The molecule has 0 aromatic rings. The van der Waals surface area contributed by atoms with E-state index in [1.54, 1.807) is 57.8 Å². The van der Waals surface area contributed by atoms with Crippen molar-refractivity contribution in [1.82, 2.24) is 0 Å². The molecule has 0 spiro atoms. The summed E-state index contributed by atoms with van der Waals surface area (Å²) in [7, 11) is 0.325. The molecule has 0 heterocycles. The van der Waals surface area contributed by atoms with Gasteiger partial charge in [0.15, 0.2) is 0 Å². The van der Waals surface area contributed by atoms with Gasteiger partial charge in [-0.05, 0) is 37.0 Å². The van der Waals surface area contributed by atoms with Gasteiger partial charge in [-0.2, -0.15) is 13.3 Å². The summed E-state index contributed by atoms with van der Waals surface area (Å²) in [5.41, 5.74) is 3.40. The van der Waals surface area contributed by atoms with Gasteiger partial charge in [-0.15, -0.1) is 13.6 Å². The standard InChI is InChI=1S/C18H32P.CH3.Fe/c1-15-9-8-14-18(15)19(16-10-4-2-5-11-16)17-12-6-3-7-13-17;;/h16-18H,2-14H2,1H3;1H3;/q2*-1;+2. The van der Waals surface area contributed by atoms with Gasteiger partial charge in [-0.3, -0.25) is 0 Å². The Bertz CT molecular complexity index is 251. The van der Waals surface area contributed by atoms with Crippen LogP contribution in [0.25, 0.3) is 0 Å². The molecule has 1 unspecified atom stereocenters. The summed E-state index contributed by atoms with van der Waals surface area (Å²) in [5, 5.41) is 0. The van der Waals surface area contributed by atoms with Crippen molar-refractivity contribution in [2.45, 2.75) is 107 Å². The first-order chi connectivity index (χ1) is 9.36. The quantitative estimate of drug-likeness (QED) is 0.301. The van der Waals surface area contributed by atoms with Crippen LogP contribution in [0.2, 0.25) is 0 Å². The molecule has 3 saturated carbocycles. The minimum absolute atomic E-state index is 0. The average Bonchev–Trinajstić information content (AvgIpc) is 2.88. The van der Waals surface area contributed by atoms with Crippen LogP contribution in [0.15, 0.2) is 0 Å². The van der Waals surface area contributed by atoms with Crippen molar-refractivity contribution < 1.29 is 17.1 Å². The predicted octanol–water partition coefficient (Wildman–Crippen LogP) is 6.73. The Balaban J connectivity index is 0.00000110. The Morgan fingerprint density at radius 3 is 1.57 bits per heavy atom. The molecule has 2 heteroatoms. The number of hydrogen-bond donors (Lipinski definition) is 0. The molecule has 0 saturated heterocycles. The van der Waals surface area contributed by atoms with E-state index in [1.807, 2.05) is 5.92 Å². The summed E-state index contributed by atoms with van der Waals surface area (Å²) in [6, 6.07) is 0. The molecule has 3 aliphatic rings. The maximum absolute atomic E-state index is 2.50. The second kappa shape index (κ2) is 9.95. The molecule has 3 aliphatic carbocycles. The first-order valence-corrected chi connectivity index (χ1v) is 10.5. The minimum Gasteiger partial charge on any atom is -0.358 e. The van der Waals surface area contributed by atoms with Crippen LogP contribution in [-0.2, 0) is 17.1 Å². The fourth-order valence-corrected chi connectivity index (χ4v) is 9.61. The first-order valence-electron chi connectivity index (χ1n) is 8.96. The predicted molar refractivity (Wildman–Crippen MR) is 93.6 cm³/mol. The second-order valence-corrected chi connectivity index (χ2v) is 10.3. The third-order valence-electron chi connectivity index (χ3n) is 5.97. The van der Waals surface area contributed by atoms with Crippen molar-refractivity contribution in [3.05, 3.63) is 13.3 Å². The maximum Gasteiger partial charge on any atom is 2.00 e. The average molecular weight is 350 g/mol. The summed E-state index contributed by atoms with van der Waals surface area (Å²) >= 11 is 0. The molecule has 21 heavy (non-hydrogen) atoms. The van der Waals surface area contributed by atoms with Gasteiger partial charge in [0.1, 0.15) is 0 Å². The van der Waals surface area contributed by atoms with Gasteiger partial charge in [0.05, 0.1) is 0 Å². The zero-order chi connectivity index (χ0) is 13.1. The number of rotatable bonds is 3. The van der Waals surface area contributed by atoms with Crippen molar-refractivity contribution in [3.63, 3.8) is 0 Å². The van der Waals surface area contributed by atoms with Crippen molar-refractivity contribution in [2.75, 3.05) is 0 Å². The Kier molecular flexibility index (Phi) is 9.47. The van der Waals surface area contributed by atoms with Gasteiger partial charge >= 0.3 is 17.1 Å². The largest absolute Gasteiger partial charge is 2.00 e. The Morgan fingerprint density at radius 1 is 0.714 bits per heavy atom. The third-order valence-corrected chi connectivity index (χ3v) is 10.1. The van der Waals surface area contributed by atoms with Gasteiger partial charge in [-0.25, -0.2) is 0 Å². The molecule has 3 fully saturated rings. The van der Waals surface area contributed by atoms with Gasteiger partial charge in [0, 0.05) is 0 Å². The zero-order valence-electron chi connectivity index (χ0n) is 14.2. The molecule has 0 aliphatic heterocycles. The van der Waals surface area contributed by atoms with Crippen LogP contribution in [0, 0.1) is 13.3 Å². The second-order valence-electron chi connectivity index (χ2n) is 7.29. The molecule has 124 valence electrons. The monoisotopic (exact) mass is 350 g/mol. The van der Waals surface area contributed by atoms with Crippen molar-refractivity contribution in [1.29, 1.82) is 0 Å². The maximum atomic E-state index is 2.50. The molecule has 0 aromatic heterocycles. The Morgan fingerprint density at radius 2 is 1.19 bits per heavy atom. The van der Waals surface area contributed by atoms with E-state index in [0.29, 0.717) is 7.92 Å². The van der Waals surface area contributed by atoms with Crippen LogP contribution in [0.4, 0.5) is 0 Å². The fourth-order valence-electron chi connectivity index (χ4n) is 4.96. The van der Waals surface area contributed by atoms with Crippen LogP contribution >= 0.6 is 7.92 Å². The van der Waals surface area contributed by atoms with E-state index in [0.717, 1.165) is 17.0 Å². The first kappa shape index (κ1) is 20.0. The number of hydrogen-bond acceptors (Lipinski definition) is 0. The van der Waals surface area contributed by atoms with Gasteiger partial charge in [0.25, 0.3) is 0 Å². The Labute approximate surface area is 145 Å². The summed E-state index contributed by atoms with van der Waals surface area (Å²) < 4.78 is 0. The van der Waals surface area contributed by atoms with Crippen molar-refractivity contribution in [2.24, 2.45) is 0 Å². The summed E-state index contributed by atoms with van der Waals surface area (Å²) in [4.78, 5) is 0. The van der Waals surface area contributed by atoms with Crippen molar-refractivity contribution >= 4 is 7.92 Å². The van der Waals surface area contributed by atoms with Crippen LogP contribution < -0.4 is 0 Å². The van der Waals surface area contributed by atoms with Crippen LogP contribution in [-0.4, -0.2) is 17.0 Å². The molecular formula is C19H35FeP. The van der Waals surface area contributed by atoms with Crippen LogP contribution in [0.1, 0.15) is 90.4 Å². The fraction of sp³-hybridized carbons (Fsp3) is 0.895. The van der Waals surface area contributed by atoms with Gasteiger partial charge < -0.3 is 13.3 Å². The molecule has 1 atom stereocenters. The van der Waals surface area contributed by atoms with E-state index in [9.17, 15) is 0 Å². The summed E-state index contributed by atoms with van der Waals surface area (Å²) in [6.45, 7) is 2.50. The summed E-state index contributed by atoms with van der Waals surface area (Å²) in [5.74, 6) is 1.90.